The molecular formula is C15H20O7. The fraction of sp³-hybridized carbons (Fsp3) is 0.800. The summed E-state index contributed by atoms with van der Waals surface area (Å²) in [6.07, 6.45) is -3.96. The number of rotatable bonds is 1. The Morgan fingerprint density at radius 3 is 2.55 bits per heavy atom. The molecule has 1 saturated carbocycles. The number of carbonyl (C=O) groups excluding carboxylic acids is 1. The summed E-state index contributed by atoms with van der Waals surface area (Å²) in [5.41, 5.74) is -3.28. The predicted octanol–water partition coefficient (Wildman–Crippen LogP) is -1.87. The molecule has 0 amide bonds. The first-order valence-electron chi connectivity index (χ1n) is 7.45. The number of hydrogen-bond donors (Lipinski definition) is 4. The van der Waals surface area contributed by atoms with Gasteiger partial charge in [0, 0.05) is 5.41 Å². The molecule has 0 aromatic rings. The lowest BCUT2D eigenvalue weighted by Crippen LogP contribution is -2.72. The van der Waals surface area contributed by atoms with Gasteiger partial charge in [-0.2, -0.15) is 0 Å². The molecule has 0 aromatic heterocycles. The SMILES string of the molecule is CC1=CC2OC3C(O)C(O)[C@](C)([C@@]2(CO)C(O)C1=O)[C@]31CO1. The van der Waals surface area contributed by atoms with Crippen LogP contribution in [0.3, 0.4) is 0 Å². The van der Waals surface area contributed by atoms with Crippen LogP contribution in [0.5, 0.6) is 0 Å². The molecule has 7 heteroatoms. The van der Waals surface area contributed by atoms with E-state index in [-0.39, 0.29) is 6.61 Å². The fourth-order valence-corrected chi connectivity index (χ4v) is 5.03. The van der Waals surface area contributed by atoms with Gasteiger partial charge in [-0.05, 0) is 18.6 Å². The van der Waals surface area contributed by atoms with Gasteiger partial charge in [0.15, 0.2) is 5.78 Å². The van der Waals surface area contributed by atoms with Crippen molar-refractivity contribution >= 4 is 5.78 Å². The molecular weight excluding hydrogens is 292 g/mol. The Hall–Kier alpha value is -0.830. The van der Waals surface area contributed by atoms with Gasteiger partial charge in [0.1, 0.15) is 23.9 Å². The highest BCUT2D eigenvalue weighted by Gasteiger charge is 2.86. The molecule has 4 aliphatic rings. The molecule has 7 nitrogen and oxygen atoms in total. The van der Waals surface area contributed by atoms with Crippen molar-refractivity contribution in [2.75, 3.05) is 13.2 Å². The smallest absolute Gasteiger partial charge is 0.187 e. The van der Waals surface area contributed by atoms with Gasteiger partial charge in [-0.15, -0.1) is 0 Å². The highest BCUT2D eigenvalue weighted by molar-refractivity contribution is 6.00. The standard InChI is InChI=1S/C15H20O7/c1-6-3-7-14(4-16,11(20)8(6)17)13(2)10(19)9(18)12(22-7)15(13)5-21-15/h3,7,9-12,16,18-20H,4-5H2,1-2H3/t7?,9?,10?,11?,12?,13-,14-,15+/m1/s1. The molecule has 2 bridgehead atoms. The van der Waals surface area contributed by atoms with Crippen LogP contribution in [-0.2, 0) is 14.3 Å². The summed E-state index contributed by atoms with van der Waals surface area (Å²) >= 11 is 0. The van der Waals surface area contributed by atoms with Crippen LogP contribution in [0.1, 0.15) is 13.8 Å². The molecule has 0 radical (unpaired) electrons. The number of aliphatic hydroxyl groups is 4. The van der Waals surface area contributed by atoms with Crippen LogP contribution in [0.15, 0.2) is 11.6 Å². The minimum atomic E-state index is -1.53. The third-order valence-electron chi connectivity index (χ3n) is 6.58. The monoisotopic (exact) mass is 312 g/mol. The second-order valence-corrected chi connectivity index (χ2v) is 7.11. The van der Waals surface area contributed by atoms with Crippen molar-refractivity contribution in [2.24, 2.45) is 10.8 Å². The van der Waals surface area contributed by atoms with Crippen LogP contribution in [0, 0.1) is 10.8 Å². The van der Waals surface area contributed by atoms with Gasteiger partial charge < -0.3 is 29.9 Å². The van der Waals surface area contributed by atoms with E-state index in [9.17, 15) is 25.2 Å². The van der Waals surface area contributed by atoms with Crippen LogP contribution < -0.4 is 0 Å². The van der Waals surface area contributed by atoms with Gasteiger partial charge in [0.2, 0.25) is 0 Å². The van der Waals surface area contributed by atoms with Crippen LogP contribution in [0.25, 0.3) is 0 Å². The van der Waals surface area contributed by atoms with Crippen LogP contribution in [0.2, 0.25) is 0 Å². The minimum Gasteiger partial charge on any atom is -0.396 e. The third-order valence-corrected chi connectivity index (χ3v) is 6.58. The number of fused-ring (bicyclic) bond motifs is 2. The highest BCUT2D eigenvalue weighted by Crippen LogP contribution is 2.70. The first-order valence-corrected chi connectivity index (χ1v) is 7.45. The minimum absolute atomic E-state index is 0.250. The first kappa shape index (κ1) is 14.7. The lowest BCUT2D eigenvalue weighted by atomic mass is 9.50. The normalized spacial score (nSPS) is 59.5. The van der Waals surface area contributed by atoms with Crippen molar-refractivity contribution < 1.29 is 34.7 Å². The molecule has 122 valence electrons. The molecule has 3 fully saturated rings. The average molecular weight is 312 g/mol. The third kappa shape index (κ3) is 1.18. The lowest BCUT2D eigenvalue weighted by molar-refractivity contribution is -0.253. The molecule has 4 N–H and O–H groups in total. The summed E-state index contributed by atoms with van der Waals surface area (Å²) in [6, 6.07) is 0. The van der Waals surface area contributed by atoms with E-state index in [0.29, 0.717) is 5.57 Å². The maximum absolute atomic E-state index is 12.3. The Bertz CT molecular complexity index is 582. The molecule has 1 spiro atoms. The van der Waals surface area contributed by atoms with Crippen LogP contribution >= 0.6 is 0 Å². The topological polar surface area (TPSA) is 120 Å². The summed E-state index contributed by atoms with van der Waals surface area (Å²) in [6.45, 7) is 2.92. The van der Waals surface area contributed by atoms with Crippen LogP contribution in [-0.4, -0.2) is 75.5 Å². The van der Waals surface area contributed by atoms with Crippen molar-refractivity contribution in [2.45, 2.75) is 50.0 Å². The van der Waals surface area contributed by atoms with Gasteiger partial charge in [-0.3, -0.25) is 4.79 Å². The molecule has 2 aliphatic carbocycles. The fourth-order valence-electron chi connectivity index (χ4n) is 5.03. The van der Waals surface area contributed by atoms with Crippen molar-refractivity contribution in [1.29, 1.82) is 0 Å². The summed E-state index contributed by atoms with van der Waals surface area (Å²) < 4.78 is 11.5. The maximum Gasteiger partial charge on any atom is 0.187 e. The van der Waals surface area contributed by atoms with E-state index in [1.165, 1.54) is 0 Å². The molecule has 0 aromatic carbocycles. The summed E-state index contributed by atoms with van der Waals surface area (Å²) in [7, 11) is 0. The summed E-state index contributed by atoms with van der Waals surface area (Å²) in [5.74, 6) is -0.502. The van der Waals surface area contributed by atoms with Gasteiger partial charge in [-0.25, -0.2) is 0 Å². The van der Waals surface area contributed by atoms with E-state index in [1.54, 1.807) is 19.9 Å². The van der Waals surface area contributed by atoms with Gasteiger partial charge in [-0.1, -0.05) is 6.92 Å². The van der Waals surface area contributed by atoms with Crippen molar-refractivity contribution in [1.82, 2.24) is 0 Å². The number of aliphatic hydroxyl groups excluding tert-OH is 4. The number of carbonyl (C=O) groups is 1. The van der Waals surface area contributed by atoms with Gasteiger partial charge in [0.25, 0.3) is 0 Å². The molecule has 2 heterocycles. The number of hydrogen-bond acceptors (Lipinski definition) is 7. The molecule has 22 heavy (non-hydrogen) atoms. The van der Waals surface area contributed by atoms with Gasteiger partial charge in [0.05, 0.1) is 30.8 Å². The molecule has 2 saturated heterocycles. The molecule has 4 rings (SSSR count). The number of ether oxygens (including phenoxy) is 2. The van der Waals surface area contributed by atoms with E-state index in [4.69, 9.17) is 9.47 Å². The number of ketones is 1. The Labute approximate surface area is 127 Å². The van der Waals surface area contributed by atoms with Crippen molar-refractivity contribution in [3.63, 3.8) is 0 Å². The largest absolute Gasteiger partial charge is 0.396 e. The Morgan fingerprint density at radius 1 is 1.36 bits per heavy atom. The van der Waals surface area contributed by atoms with E-state index < -0.39 is 59.3 Å². The zero-order valence-corrected chi connectivity index (χ0v) is 12.4. The first-order chi connectivity index (χ1) is 10.3. The number of Topliss-reactive ketones (excluding diaryl/α,β-unsaturated/α-hetero) is 1. The van der Waals surface area contributed by atoms with Gasteiger partial charge >= 0.3 is 0 Å². The van der Waals surface area contributed by atoms with Crippen molar-refractivity contribution in [3.8, 4) is 0 Å². The van der Waals surface area contributed by atoms with E-state index in [0.717, 1.165) is 0 Å². The zero-order chi connectivity index (χ0) is 16.1. The number of epoxide rings is 1. The predicted molar refractivity (Wildman–Crippen MR) is 71.8 cm³/mol. The zero-order valence-electron chi connectivity index (χ0n) is 12.4. The Balaban J connectivity index is 1.98. The van der Waals surface area contributed by atoms with E-state index in [1.807, 2.05) is 0 Å². The summed E-state index contributed by atoms with van der Waals surface area (Å²) in [5, 5.41) is 41.8. The second kappa shape index (κ2) is 3.98. The highest BCUT2D eigenvalue weighted by atomic mass is 16.6. The Morgan fingerprint density at radius 2 is 2.00 bits per heavy atom. The van der Waals surface area contributed by atoms with E-state index >= 15 is 0 Å². The average Bonchev–Trinajstić information content (AvgIpc) is 3.27. The molecule has 8 atom stereocenters. The maximum atomic E-state index is 12.3. The molecule has 2 aliphatic heterocycles. The summed E-state index contributed by atoms with van der Waals surface area (Å²) in [4.78, 5) is 12.3. The van der Waals surface area contributed by atoms with E-state index in [2.05, 4.69) is 0 Å². The second-order valence-electron chi connectivity index (χ2n) is 7.11. The molecule has 5 unspecified atom stereocenters. The van der Waals surface area contributed by atoms with Crippen LogP contribution in [0.4, 0.5) is 0 Å². The quantitative estimate of drug-likeness (QED) is 0.419. The Kier molecular flexibility index (Phi) is 2.67. The van der Waals surface area contributed by atoms with Crippen molar-refractivity contribution in [3.05, 3.63) is 11.6 Å². The lowest BCUT2D eigenvalue weighted by Gasteiger charge is -2.58.